The Morgan fingerprint density at radius 3 is 0.667 bits per heavy atom. The zero-order valence-corrected chi connectivity index (χ0v) is 15.6. The molecule has 0 heterocycles. The number of aliphatic hydroxyl groups excluding tert-OH is 1. The first-order valence-corrected chi connectivity index (χ1v) is 5.05. The van der Waals surface area contributed by atoms with Crippen molar-refractivity contribution in [2.24, 2.45) is 0 Å². The Bertz CT molecular complexity index is 198. The first-order chi connectivity index (χ1) is 8.66. The maximum Gasteiger partial charge on any atom is 4.00 e. The van der Waals surface area contributed by atoms with Gasteiger partial charge in [0.05, 0.1) is 0 Å². The Kier molecular flexibility index (Phi) is 54.4. The van der Waals surface area contributed by atoms with E-state index in [4.69, 9.17) is 44.7 Å². The summed E-state index contributed by atoms with van der Waals surface area (Å²) >= 11 is 0. The first kappa shape index (κ1) is 36.7. The van der Waals surface area contributed by atoms with Crippen LogP contribution in [0.3, 0.4) is 0 Å². The average Bonchev–Trinajstić information content (AvgIpc) is 1.94. The van der Waals surface area contributed by atoms with Crippen molar-refractivity contribution >= 4 is 47.8 Å². The third-order valence-corrected chi connectivity index (χ3v) is 0. The third-order valence-electron chi connectivity index (χ3n) is 0. The van der Waals surface area contributed by atoms with Gasteiger partial charge >= 0.3 is 23.9 Å². The number of carboxylic acids is 4. The van der Waals surface area contributed by atoms with Crippen molar-refractivity contribution in [3.05, 3.63) is 0 Å². The summed E-state index contributed by atoms with van der Waals surface area (Å²) in [5.41, 5.74) is 0. The second-order valence-electron chi connectivity index (χ2n) is 3.06. The fourth-order valence-corrected chi connectivity index (χ4v) is 0. The Morgan fingerprint density at radius 2 is 0.667 bits per heavy atom. The fourth-order valence-electron chi connectivity index (χ4n) is 0. The predicted octanol–water partition coefficient (Wildman–Crippen LogP) is -4.97. The molecule has 1 N–H and O–H groups in total. The molecule has 0 spiro atoms. The van der Waals surface area contributed by atoms with Crippen molar-refractivity contribution in [2.45, 2.75) is 47.6 Å². The largest absolute Gasteiger partial charge is 4.00 e. The van der Waals surface area contributed by atoms with Crippen LogP contribution in [0.1, 0.15) is 41.5 Å². The average molecular weight is 415 g/mol. The van der Waals surface area contributed by atoms with Crippen LogP contribution in [0.25, 0.3) is 0 Å². The van der Waals surface area contributed by atoms with E-state index in [1.807, 2.05) is 0 Å². The molecule has 122 valence electrons. The molecule has 0 saturated heterocycles. The molecule has 0 aromatic carbocycles. The number of carboxylic acid groups (broad SMARTS) is 4. The second-order valence-corrected chi connectivity index (χ2v) is 3.06. The van der Waals surface area contributed by atoms with Gasteiger partial charge in [0.15, 0.2) is 0 Å². The van der Waals surface area contributed by atoms with Crippen molar-refractivity contribution in [2.75, 3.05) is 0 Å². The number of rotatable bonds is 0. The van der Waals surface area contributed by atoms with Gasteiger partial charge in [0.1, 0.15) is 0 Å². The van der Waals surface area contributed by atoms with Gasteiger partial charge in [0.25, 0.3) is 0 Å². The van der Waals surface area contributed by atoms with Crippen LogP contribution in [-0.4, -0.2) is 59.0 Å². The quantitative estimate of drug-likeness (QED) is 0.379. The van der Waals surface area contributed by atoms with E-state index in [0.29, 0.717) is 0 Å². The molecular formula is C11H20O9Sn. The van der Waals surface area contributed by atoms with Crippen LogP contribution in [0.15, 0.2) is 0 Å². The van der Waals surface area contributed by atoms with E-state index in [2.05, 4.69) is 0 Å². The van der Waals surface area contributed by atoms with Gasteiger partial charge in [-0.2, -0.15) is 0 Å². The summed E-state index contributed by atoms with van der Waals surface area (Å²) in [4.78, 5) is 35.6. The minimum atomic E-state index is -1.08. The van der Waals surface area contributed by atoms with E-state index in [-0.39, 0.29) is 30.0 Å². The Labute approximate surface area is 140 Å². The standard InChI is InChI=1S/C3H8O.4C2H4O2.Sn/c1-3(2)4;4*1-2(3)4;/h3-4H,1-2H3;4*1H3,(H,3,4);/q;;;;;+4/p-4. The second kappa shape index (κ2) is 31.2. The molecule has 0 atom stereocenters. The molecule has 0 saturated carbocycles. The number of carbonyl (C=O) groups excluding carboxylic acids is 4. The Balaban J connectivity index is -0.0000000331. The molecule has 0 rings (SSSR count). The molecule has 0 fully saturated rings. The van der Waals surface area contributed by atoms with Crippen molar-refractivity contribution in [3.8, 4) is 0 Å². The molecule has 0 aliphatic heterocycles. The van der Waals surface area contributed by atoms with E-state index < -0.39 is 23.9 Å². The Hall–Kier alpha value is -1.36. The zero-order chi connectivity index (χ0) is 17.9. The van der Waals surface area contributed by atoms with Gasteiger partial charge in [0, 0.05) is 30.0 Å². The van der Waals surface area contributed by atoms with Crippen LogP contribution in [-0.2, 0) is 19.2 Å². The molecule has 0 amide bonds. The van der Waals surface area contributed by atoms with Crippen LogP contribution in [0.4, 0.5) is 0 Å². The summed E-state index contributed by atoms with van der Waals surface area (Å²) in [5, 5.41) is 43.6. The molecule has 0 aromatic heterocycles. The summed E-state index contributed by atoms with van der Waals surface area (Å²) in [5.74, 6) is -4.33. The van der Waals surface area contributed by atoms with Gasteiger partial charge in [-0.15, -0.1) is 0 Å². The van der Waals surface area contributed by atoms with Crippen molar-refractivity contribution in [3.63, 3.8) is 0 Å². The maximum atomic E-state index is 8.89. The summed E-state index contributed by atoms with van der Waals surface area (Å²) in [6.07, 6.45) is -0.167. The minimum absolute atomic E-state index is 0. The van der Waals surface area contributed by atoms with E-state index in [0.717, 1.165) is 27.7 Å². The van der Waals surface area contributed by atoms with E-state index >= 15 is 0 Å². The molecule has 0 aliphatic rings. The summed E-state index contributed by atoms with van der Waals surface area (Å²) in [6.45, 7) is 7.33. The van der Waals surface area contributed by atoms with Crippen molar-refractivity contribution in [1.29, 1.82) is 0 Å². The van der Waals surface area contributed by atoms with Crippen LogP contribution in [0.5, 0.6) is 0 Å². The molecule has 0 radical (unpaired) electrons. The molecule has 0 aromatic rings. The molecule has 10 heteroatoms. The molecule has 9 nitrogen and oxygen atoms in total. The minimum Gasteiger partial charge on any atom is -0.550 e. The van der Waals surface area contributed by atoms with Gasteiger partial charge in [-0.05, 0) is 41.5 Å². The smallest absolute Gasteiger partial charge is 0.550 e. The summed E-state index contributed by atoms with van der Waals surface area (Å²) < 4.78 is 0. The summed E-state index contributed by atoms with van der Waals surface area (Å²) in [7, 11) is 0. The van der Waals surface area contributed by atoms with Crippen molar-refractivity contribution < 1.29 is 44.7 Å². The van der Waals surface area contributed by atoms with Crippen LogP contribution in [0, 0.1) is 0 Å². The third kappa shape index (κ3) is 2780. The predicted molar refractivity (Wildman–Crippen MR) is 65.8 cm³/mol. The van der Waals surface area contributed by atoms with Gasteiger partial charge in [-0.25, -0.2) is 0 Å². The molecule has 0 unspecified atom stereocenters. The number of hydrogen-bond acceptors (Lipinski definition) is 9. The molecule has 21 heavy (non-hydrogen) atoms. The van der Waals surface area contributed by atoms with Gasteiger partial charge in [0.2, 0.25) is 0 Å². The molecule has 0 aliphatic carbocycles. The topological polar surface area (TPSA) is 181 Å². The zero-order valence-electron chi connectivity index (χ0n) is 12.8. The van der Waals surface area contributed by atoms with Gasteiger partial charge < -0.3 is 44.7 Å². The number of hydrogen-bond donors (Lipinski definition) is 1. The normalized spacial score (nSPS) is 6.48. The Morgan fingerprint density at radius 1 is 0.667 bits per heavy atom. The monoisotopic (exact) mass is 416 g/mol. The van der Waals surface area contributed by atoms with Gasteiger partial charge in [-0.3, -0.25) is 0 Å². The van der Waals surface area contributed by atoms with E-state index in [9.17, 15) is 0 Å². The van der Waals surface area contributed by atoms with Crippen LogP contribution in [0.2, 0.25) is 0 Å². The number of carbonyl (C=O) groups is 4. The van der Waals surface area contributed by atoms with Crippen LogP contribution >= 0.6 is 0 Å². The number of aliphatic hydroxyl groups is 1. The first-order valence-electron chi connectivity index (χ1n) is 5.05. The van der Waals surface area contributed by atoms with Crippen molar-refractivity contribution in [1.82, 2.24) is 0 Å². The maximum absolute atomic E-state index is 8.89. The van der Waals surface area contributed by atoms with E-state index in [1.54, 1.807) is 13.8 Å². The molecular weight excluding hydrogens is 395 g/mol. The molecule has 0 bridgehead atoms. The number of aliphatic carboxylic acids is 4. The van der Waals surface area contributed by atoms with Gasteiger partial charge in [-0.1, -0.05) is 0 Å². The van der Waals surface area contributed by atoms with Crippen LogP contribution < -0.4 is 20.4 Å². The summed E-state index contributed by atoms with van der Waals surface area (Å²) in [6, 6.07) is 0. The SMILES string of the molecule is CC(=O)[O-].CC(=O)[O-].CC(=O)[O-].CC(=O)[O-].CC(C)O.[Sn+4]. The van der Waals surface area contributed by atoms with E-state index in [1.165, 1.54) is 0 Å². The fraction of sp³-hybridized carbons (Fsp3) is 0.636.